The van der Waals surface area contributed by atoms with Crippen molar-refractivity contribution in [2.24, 2.45) is 5.73 Å². The van der Waals surface area contributed by atoms with Gasteiger partial charge in [-0.15, -0.1) is 21.5 Å². The molecule has 0 aliphatic rings. The fourth-order valence-corrected chi connectivity index (χ4v) is 3.33. The topological polar surface area (TPSA) is 51.8 Å². The van der Waals surface area contributed by atoms with E-state index in [4.69, 9.17) is 17.3 Å². The molecule has 0 spiro atoms. The van der Waals surface area contributed by atoms with Crippen LogP contribution in [0.5, 0.6) is 0 Å². The number of halogens is 1. The van der Waals surface area contributed by atoms with Crippen molar-refractivity contribution in [3.63, 3.8) is 0 Å². The van der Waals surface area contributed by atoms with Crippen LogP contribution in [0.15, 0.2) is 11.4 Å². The minimum atomic E-state index is -0.0185. The zero-order valence-electron chi connectivity index (χ0n) is 8.11. The lowest BCUT2D eigenvalue weighted by Crippen LogP contribution is -2.07. The van der Waals surface area contributed by atoms with Gasteiger partial charge in [-0.2, -0.15) is 0 Å². The number of nitrogens with two attached hydrogens (primary N) is 1. The van der Waals surface area contributed by atoms with E-state index in [0.29, 0.717) is 0 Å². The highest BCUT2D eigenvalue weighted by Gasteiger charge is 2.14. The Bertz CT molecular complexity index is 452. The summed E-state index contributed by atoms with van der Waals surface area (Å²) in [5, 5.41) is 12.6. The van der Waals surface area contributed by atoms with Gasteiger partial charge in [-0.05, 0) is 17.9 Å². The molecule has 2 N–H and O–H groups in total. The van der Waals surface area contributed by atoms with Gasteiger partial charge in [0.1, 0.15) is 5.01 Å². The number of thiophene rings is 1. The summed E-state index contributed by atoms with van der Waals surface area (Å²) in [5.41, 5.74) is 5.88. The number of nitrogens with zero attached hydrogens (tertiary/aromatic N) is 2. The maximum absolute atomic E-state index is 6.02. The van der Waals surface area contributed by atoms with Crippen LogP contribution in [0, 0.1) is 0 Å². The van der Waals surface area contributed by atoms with Crippen molar-refractivity contribution in [2.45, 2.75) is 19.4 Å². The molecule has 2 aromatic heterocycles. The van der Waals surface area contributed by atoms with E-state index in [1.54, 1.807) is 11.3 Å². The van der Waals surface area contributed by atoms with Crippen LogP contribution < -0.4 is 5.73 Å². The molecular formula is C9H10ClN3S2. The van der Waals surface area contributed by atoms with Crippen molar-refractivity contribution in [2.75, 3.05) is 0 Å². The number of aromatic nitrogens is 2. The molecule has 80 valence electrons. The lowest BCUT2D eigenvalue weighted by atomic mass is 10.3. The summed E-state index contributed by atoms with van der Waals surface area (Å²) in [4.78, 5) is 0.976. The SMILES string of the molecule is CCC(N)c1nnc(-c2sccc2Cl)s1. The first kappa shape index (κ1) is 11.0. The molecule has 15 heavy (non-hydrogen) atoms. The normalized spacial score (nSPS) is 13.0. The monoisotopic (exact) mass is 259 g/mol. The summed E-state index contributed by atoms with van der Waals surface area (Å²) in [6.45, 7) is 2.03. The van der Waals surface area contributed by atoms with Crippen LogP contribution in [0.4, 0.5) is 0 Å². The van der Waals surface area contributed by atoms with Gasteiger partial charge in [-0.1, -0.05) is 29.9 Å². The maximum atomic E-state index is 6.02. The maximum Gasteiger partial charge on any atom is 0.159 e. The molecule has 0 bridgehead atoms. The second-order valence-corrected chi connectivity index (χ2v) is 5.39. The molecule has 3 nitrogen and oxygen atoms in total. The van der Waals surface area contributed by atoms with Crippen molar-refractivity contribution in [1.82, 2.24) is 10.2 Å². The molecule has 0 radical (unpaired) electrons. The third-order valence-electron chi connectivity index (χ3n) is 2.01. The van der Waals surface area contributed by atoms with Crippen LogP contribution in [-0.4, -0.2) is 10.2 Å². The summed E-state index contributed by atoms with van der Waals surface area (Å²) in [6, 6.07) is 1.84. The van der Waals surface area contributed by atoms with E-state index in [0.717, 1.165) is 26.3 Å². The first-order valence-corrected chi connectivity index (χ1v) is 6.62. The summed E-state index contributed by atoms with van der Waals surface area (Å²) in [5.74, 6) is 0. The Morgan fingerprint density at radius 2 is 2.33 bits per heavy atom. The van der Waals surface area contributed by atoms with Gasteiger partial charge in [0.25, 0.3) is 0 Å². The number of rotatable bonds is 3. The molecule has 0 saturated carbocycles. The summed E-state index contributed by atoms with van der Waals surface area (Å²) in [7, 11) is 0. The van der Waals surface area contributed by atoms with Gasteiger partial charge in [0.2, 0.25) is 0 Å². The number of hydrogen-bond acceptors (Lipinski definition) is 5. The van der Waals surface area contributed by atoms with E-state index in [2.05, 4.69) is 10.2 Å². The van der Waals surface area contributed by atoms with Crippen LogP contribution in [0.1, 0.15) is 24.4 Å². The fourth-order valence-electron chi connectivity index (χ4n) is 1.10. The zero-order valence-corrected chi connectivity index (χ0v) is 10.5. The highest BCUT2D eigenvalue weighted by molar-refractivity contribution is 7.21. The highest BCUT2D eigenvalue weighted by Crippen LogP contribution is 2.35. The Labute approximate surface area is 101 Å². The van der Waals surface area contributed by atoms with Crippen molar-refractivity contribution in [3.05, 3.63) is 21.5 Å². The predicted octanol–water partition coefficient (Wildman–Crippen LogP) is 3.33. The van der Waals surface area contributed by atoms with E-state index in [9.17, 15) is 0 Å². The summed E-state index contributed by atoms with van der Waals surface area (Å²) >= 11 is 9.10. The van der Waals surface area contributed by atoms with Gasteiger partial charge in [-0.3, -0.25) is 0 Å². The quantitative estimate of drug-likeness (QED) is 0.920. The van der Waals surface area contributed by atoms with E-state index in [1.165, 1.54) is 11.3 Å². The minimum absolute atomic E-state index is 0.0185. The molecule has 0 amide bonds. The van der Waals surface area contributed by atoms with Crippen molar-refractivity contribution in [1.29, 1.82) is 0 Å². The third kappa shape index (κ3) is 2.20. The standard InChI is InChI=1S/C9H10ClN3S2/c1-2-6(11)8-12-13-9(15-8)7-5(10)3-4-14-7/h3-4,6H,2,11H2,1H3. The fraction of sp³-hybridized carbons (Fsp3) is 0.333. The number of hydrogen-bond donors (Lipinski definition) is 1. The largest absolute Gasteiger partial charge is 0.322 e. The third-order valence-corrected chi connectivity index (χ3v) is 4.56. The van der Waals surface area contributed by atoms with Crippen LogP contribution in [0.3, 0.4) is 0 Å². The van der Waals surface area contributed by atoms with Crippen molar-refractivity contribution in [3.8, 4) is 9.88 Å². The predicted molar refractivity (Wildman–Crippen MR) is 65.5 cm³/mol. The first-order chi connectivity index (χ1) is 7.22. The molecule has 0 aliphatic carbocycles. The molecule has 0 aromatic carbocycles. The minimum Gasteiger partial charge on any atom is -0.322 e. The van der Waals surface area contributed by atoms with E-state index >= 15 is 0 Å². The Morgan fingerprint density at radius 1 is 1.53 bits per heavy atom. The second-order valence-electron chi connectivity index (χ2n) is 3.06. The lowest BCUT2D eigenvalue weighted by Gasteiger charge is -2.00. The molecule has 1 unspecified atom stereocenters. The van der Waals surface area contributed by atoms with Gasteiger partial charge in [0.05, 0.1) is 15.9 Å². The van der Waals surface area contributed by atoms with E-state index in [-0.39, 0.29) is 6.04 Å². The van der Waals surface area contributed by atoms with Crippen LogP contribution in [0.25, 0.3) is 9.88 Å². The van der Waals surface area contributed by atoms with Crippen LogP contribution in [0.2, 0.25) is 5.02 Å². The van der Waals surface area contributed by atoms with Gasteiger partial charge in [0, 0.05) is 0 Å². The molecule has 0 saturated heterocycles. The summed E-state index contributed by atoms with van der Waals surface area (Å²) < 4.78 is 0. The molecule has 0 aliphatic heterocycles. The average Bonchev–Trinajstić information content (AvgIpc) is 2.84. The highest BCUT2D eigenvalue weighted by atomic mass is 35.5. The molecule has 0 fully saturated rings. The van der Waals surface area contributed by atoms with E-state index < -0.39 is 0 Å². The van der Waals surface area contributed by atoms with Gasteiger partial charge in [-0.25, -0.2) is 0 Å². The summed E-state index contributed by atoms with van der Waals surface area (Å²) in [6.07, 6.45) is 0.868. The average molecular weight is 260 g/mol. The van der Waals surface area contributed by atoms with Crippen LogP contribution in [-0.2, 0) is 0 Å². The molecule has 2 rings (SSSR count). The Kier molecular flexibility index (Phi) is 3.35. The van der Waals surface area contributed by atoms with Gasteiger partial charge < -0.3 is 5.73 Å². The Morgan fingerprint density at radius 3 is 2.93 bits per heavy atom. The molecule has 2 heterocycles. The molecule has 6 heteroatoms. The zero-order chi connectivity index (χ0) is 10.8. The second kappa shape index (κ2) is 4.57. The van der Waals surface area contributed by atoms with Crippen LogP contribution >= 0.6 is 34.3 Å². The smallest absolute Gasteiger partial charge is 0.159 e. The van der Waals surface area contributed by atoms with Crippen molar-refractivity contribution >= 4 is 34.3 Å². The molecule has 1 atom stereocenters. The first-order valence-electron chi connectivity index (χ1n) is 4.54. The molecular weight excluding hydrogens is 250 g/mol. The van der Waals surface area contributed by atoms with Gasteiger partial charge >= 0.3 is 0 Å². The molecule has 2 aromatic rings. The lowest BCUT2D eigenvalue weighted by molar-refractivity contribution is 0.683. The Balaban J connectivity index is 2.32. The van der Waals surface area contributed by atoms with E-state index in [1.807, 2.05) is 18.4 Å². The van der Waals surface area contributed by atoms with Crippen molar-refractivity contribution < 1.29 is 0 Å². The van der Waals surface area contributed by atoms with Gasteiger partial charge in [0.15, 0.2) is 5.01 Å². The Hall–Kier alpha value is -0.490.